The zero-order valence-electron chi connectivity index (χ0n) is 16.0. The number of nitrogens with two attached hydrogens (primary N) is 1. The van der Waals surface area contributed by atoms with Gasteiger partial charge in [-0.2, -0.15) is 24.9 Å². The van der Waals surface area contributed by atoms with E-state index in [-0.39, 0.29) is 6.61 Å². The monoisotopic (exact) mass is 436 g/mol. The predicted molar refractivity (Wildman–Crippen MR) is 101 cm³/mol. The third-order valence-electron chi connectivity index (χ3n) is 3.65. The summed E-state index contributed by atoms with van der Waals surface area (Å²) in [7, 11) is 0. The first-order valence-electron chi connectivity index (χ1n) is 8.61. The van der Waals surface area contributed by atoms with E-state index in [0.717, 1.165) is 0 Å². The van der Waals surface area contributed by atoms with Gasteiger partial charge in [0.1, 0.15) is 12.6 Å². The van der Waals surface area contributed by atoms with Crippen molar-refractivity contribution in [2.75, 3.05) is 12.3 Å². The molecule has 0 aliphatic carbocycles. The number of ether oxygens (including phenoxy) is 2. The number of carbonyl (C=O) groups is 3. The van der Waals surface area contributed by atoms with Gasteiger partial charge in [0.25, 0.3) is 0 Å². The van der Waals surface area contributed by atoms with E-state index in [0.29, 0.717) is 24.3 Å². The van der Waals surface area contributed by atoms with Crippen LogP contribution in [0.1, 0.15) is 25.8 Å². The van der Waals surface area contributed by atoms with Crippen LogP contribution in [0.25, 0.3) is 0 Å². The predicted octanol–water partition coefficient (Wildman–Crippen LogP) is 2.77. The average Bonchev–Trinajstić information content (AvgIpc) is 2.64. The van der Waals surface area contributed by atoms with E-state index in [9.17, 15) is 27.6 Å². The second-order valence-electron chi connectivity index (χ2n) is 6.44. The Bertz CT molecular complexity index is 698. The van der Waals surface area contributed by atoms with Gasteiger partial charge in [0.05, 0.1) is 0 Å². The normalized spacial score (nSPS) is 12.8. The fourth-order valence-corrected chi connectivity index (χ4v) is 3.27. The summed E-state index contributed by atoms with van der Waals surface area (Å²) < 4.78 is 45.1. The summed E-state index contributed by atoms with van der Waals surface area (Å²) in [6.45, 7) is 3.30. The minimum absolute atomic E-state index is 0.114. The van der Waals surface area contributed by atoms with Crippen LogP contribution in [0.4, 0.5) is 18.0 Å². The molecule has 1 aromatic carbocycles. The summed E-state index contributed by atoms with van der Waals surface area (Å²) in [5.74, 6) is -3.72. The van der Waals surface area contributed by atoms with E-state index in [2.05, 4.69) is 10.1 Å². The standard InChI is InChI=1S/C18H23F3N2O5S/c1-17(2,29-10-6-9-22)13(14(24)28-15(25)18(19,20)21)23-16(26)27-11-12-7-4-3-5-8-12/h3-5,7-8,13H,6,9-11,22H2,1-2H3,(H,23,26)/t13-/m0/s1. The van der Waals surface area contributed by atoms with Crippen LogP contribution in [0.15, 0.2) is 30.3 Å². The molecular weight excluding hydrogens is 413 g/mol. The summed E-state index contributed by atoms with van der Waals surface area (Å²) in [6.07, 6.45) is -5.80. The number of rotatable bonds is 9. The smallest absolute Gasteiger partial charge is 0.445 e. The van der Waals surface area contributed by atoms with Crippen molar-refractivity contribution < 1.29 is 37.0 Å². The average molecular weight is 436 g/mol. The van der Waals surface area contributed by atoms with Crippen LogP contribution in [-0.2, 0) is 25.7 Å². The number of nitrogens with one attached hydrogen (secondary N) is 1. The Hall–Kier alpha value is -2.27. The topological polar surface area (TPSA) is 108 Å². The van der Waals surface area contributed by atoms with Crippen LogP contribution in [0.2, 0.25) is 0 Å². The lowest BCUT2D eigenvalue weighted by molar-refractivity contribution is -0.202. The molecule has 29 heavy (non-hydrogen) atoms. The first-order chi connectivity index (χ1) is 13.5. The molecule has 0 aliphatic heterocycles. The fourth-order valence-electron chi connectivity index (χ4n) is 2.11. The van der Waals surface area contributed by atoms with Gasteiger partial charge in [0.15, 0.2) is 0 Å². The molecule has 0 fully saturated rings. The van der Waals surface area contributed by atoms with Crippen molar-refractivity contribution in [2.24, 2.45) is 5.73 Å². The van der Waals surface area contributed by atoms with Gasteiger partial charge in [0.2, 0.25) is 0 Å². The quantitative estimate of drug-likeness (QED) is 0.348. The zero-order valence-corrected chi connectivity index (χ0v) is 16.8. The van der Waals surface area contributed by atoms with E-state index in [1.807, 2.05) is 0 Å². The van der Waals surface area contributed by atoms with Gasteiger partial charge in [-0.3, -0.25) is 0 Å². The van der Waals surface area contributed by atoms with Crippen molar-refractivity contribution in [3.63, 3.8) is 0 Å². The maximum absolute atomic E-state index is 12.4. The van der Waals surface area contributed by atoms with Crippen molar-refractivity contribution in [2.45, 2.75) is 43.8 Å². The Morgan fingerprint density at radius 2 is 1.79 bits per heavy atom. The van der Waals surface area contributed by atoms with Crippen LogP contribution in [0, 0.1) is 0 Å². The summed E-state index contributed by atoms with van der Waals surface area (Å²) in [5.41, 5.74) is 6.09. The van der Waals surface area contributed by atoms with Crippen molar-refractivity contribution in [3.8, 4) is 0 Å². The molecule has 7 nitrogen and oxygen atoms in total. The molecule has 0 aromatic heterocycles. The number of esters is 2. The lowest BCUT2D eigenvalue weighted by Gasteiger charge is -2.32. The van der Waals surface area contributed by atoms with E-state index in [1.54, 1.807) is 30.3 Å². The molecule has 0 bridgehead atoms. The summed E-state index contributed by atoms with van der Waals surface area (Å²) in [6, 6.07) is 7.07. The van der Waals surface area contributed by atoms with Crippen molar-refractivity contribution in [1.29, 1.82) is 0 Å². The number of hydrogen-bond acceptors (Lipinski definition) is 7. The fraction of sp³-hybridized carbons (Fsp3) is 0.500. The molecule has 0 heterocycles. The molecule has 162 valence electrons. The molecule has 0 saturated heterocycles. The van der Waals surface area contributed by atoms with Crippen LogP contribution in [0.3, 0.4) is 0 Å². The number of thioether (sulfide) groups is 1. The highest BCUT2D eigenvalue weighted by Gasteiger charge is 2.46. The Kier molecular flexibility index (Phi) is 9.44. The molecule has 1 aromatic rings. The van der Waals surface area contributed by atoms with E-state index >= 15 is 0 Å². The molecule has 3 N–H and O–H groups in total. The van der Waals surface area contributed by atoms with E-state index < -0.39 is 35.0 Å². The molecule has 0 unspecified atom stereocenters. The van der Waals surface area contributed by atoms with Crippen molar-refractivity contribution in [1.82, 2.24) is 5.32 Å². The number of halogens is 3. The van der Waals surface area contributed by atoms with Crippen LogP contribution >= 0.6 is 11.8 Å². The number of carbonyl (C=O) groups excluding carboxylic acids is 3. The maximum Gasteiger partial charge on any atom is 0.491 e. The Labute approximate surface area is 170 Å². The molecule has 11 heteroatoms. The van der Waals surface area contributed by atoms with Crippen molar-refractivity contribution >= 4 is 29.8 Å². The van der Waals surface area contributed by atoms with Crippen LogP contribution in [-0.4, -0.2) is 47.3 Å². The lowest BCUT2D eigenvalue weighted by Crippen LogP contribution is -2.54. The first kappa shape index (κ1) is 24.8. The third kappa shape index (κ3) is 8.73. The molecule has 0 aliphatic rings. The number of benzene rings is 1. The molecule has 1 rings (SSSR count). The van der Waals surface area contributed by atoms with Gasteiger partial charge in [-0.1, -0.05) is 30.3 Å². The number of alkyl halides is 3. The maximum atomic E-state index is 12.4. The summed E-state index contributed by atoms with van der Waals surface area (Å²) in [5, 5.41) is 2.20. The highest BCUT2D eigenvalue weighted by Crippen LogP contribution is 2.30. The number of alkyl carbamates (subject to hydrolysis) is 1. The molecule has 0 radical (unpaired) electrons. The first-order valence-corrected chi connectivity index (χ1v) is 9.60. The SMILES string of the molecule is CC(C)(SCCCN)[C@@H](NC(=O)OCc1ccccc1)C(=O)OC(=O)C(F)(F)F. The minimum Gasteiger partial charge on any atom is -0.445 e. The van der Waals surface area contributed by atoms with Gasteiger partial charge in [0, 0.05) is 4.75 Å². The van der Waals surface area contributed by atoms with Crippen molar-refractivity contribution in [3.05, 3.63) is 35.9 Å². The largest absolute Gasteiger partial charge is 0.491 e. The molecule has 0 saturated carbocycles. The van der Waals surface area contributed by atoms with Gasteiger partial charge in [-0.05, 0) is 38.1 Å². The minimum atomic E-state index is -5.34. The third-order valence-corrected chi connectivity index (χ3v) is 5.13. The Morgan fingerprint density at radius 3 is 2.34 bits per heavy atom. The second kappa shape index (κ2) is 11.1. The molecule has 1 atom stereocenters. The Morgan fingerprint density at radius 1 is 1.17 bits per heavy atom. The summed E-state index contributed by atoms with van der Waals surface area (Å²) >= 11 is 1.19. The number of amides is 1. The molecule has 1 amide bonds. The molecule has 0 spiro atoms. The van der Waals surface area contributed by atoms with Gasteiger partial charge < -0.3 is 20.5 Å². The zero-order chi connectivity index (χ0) is 22.1. The van der Waals surface area contributed by atoms with Gasteiger partial charge in [-0.15, -0.1) is 0 Å². The Balaban J connectivity index is 2.86. The highest BCUT2D eigenvalue weighted by molar-refractivity contribution is 8.00. The number of hydrogen-bond donors (Lipinski definition) is 2. The van der Waals surface area contributed by atoms with E-state index in [1.165, 1.54) is 25.6 Å². The van der Waals surface area contributed by atoms with Crippen LogP contribution < -0.4 is 11.1 Å². The van der Waals surface area contributed by atoms with Gasteiger partial charge >= 0.3 is 24.2 Å². The summed E-state index contributed by atoms with van der Waals surface area (Å²) in [4.78, 5) is 35.4. The van der Waals surface area contributed by atoms with E-state index in [4.69, 9.17) is 10.5 Å². The van der Waals surface area contributed by atoms with Crippen LogP contribution in [0.5, 0.6) is 0 Å². The molecular formula is C18H23F3N2O5S. The lowest BCUT2D eigenvalue weighted by atomic mass is 10.0. The van der Waals surface area contributed by atoms with Gasteiger partial charge in [-0.25, -0.2) is 14.4 Å². The second-order valence-corrected chi connectivity index (χ2v) is 8.19. The highest BCUT2D eigenvalue weighted by atomic mass is 32.2.